The van der Waals surface area contributed by atoms with Crippen LogP contribution in [0.25, 0.3) is 0 Å². The van der Waals surface area contributed by atoms with Crippen LogP contribution in [0.1, 0.15) is 38.3 Å². The summed E-state index contributed by atoms with van der Waals surface area (Å²) in [7, 11) is -3.84. The van der Waals surface area contributed by atoms with Crippen molar-refractivity contribution in [2.45, 2.75) is 52.7 Å². The van der Waals surface area contributed by atoms with E-state index in [0.29, 0.717) is 28.3 Å². The van der Waals surface area contributed by atoms with Crippen molar-refractivity contribution in [1.29, 1.82) is 0 Å². The third-order valence-corrected chi connectivity index (χ3v) is 6.90. The number of nitrogens with one attached hydrogen (secondary N) is 1. The number of rotatable bonds is 10. The van der Waals surface area contributed by atoms with E-state index in [2.05, 4.69) is 5.32 Å². The molecule has 0 saturated heterocycles. The minimum atomic E-state index is -3.84. The van der Waals surface area contributed by atoms with Crippen LogP contribution in [0.5, 0.6) is 0 Å². The fourth-order valence-electron chi connectivity index (χ4n) is 3.33. The molecule has 0 aliphatic rings. The Bertz CT molecular complexity index is 1130. The Hall–Kier alpha value is -2.65. The predicted octanol–water partition coefficient (Wildman–Crippen LogP) is 3.89. The molecule has 7 nitrogen and oxygen atoms in total. The monoisotopic (exact) mass is 511 g/mol. The van der Waals surface area contributed by atoms with E-state index >= 15 is 0 Å². The lowest BCUT2D eigenvalue weighted by Gasteiger charge is -2.32. The van der Waals surface area contributed by atoms with Crippen LogP contribution >= 0.6 is 11.6 Å². The molecule has 0 saturated carbocycles. The quantitative estimate of drug-likeness (QED) is 0.524. The lowest BCUT2D eigenvalue weighted by atomic mass is 10.1. The van der Waals surface area contributed by atoms with Crippen LogP contribution in [-0.4, -0.2) is 50.0 Å². The van der Waals surface area contributed by atoms with Crippen molar-refractivity contribution in [2.24, 2.45) is 0 Å². The number of nitrogens with zero attached hydrogens (tertiary/aromatic N) is 2. The van der Waals surface area contributed by atoms with Crippen molar-refractivity contribution in [3.63, 3.8) is 0 Å². The fraction of sp³-hybridized carbons (Fsp3) is 0.417. The van der Waals surface area contributed by atoms with E-state index in [4.69, 9.17) is 11.6 Å². The van der Waals surface area contributed by atoms with Gasteiger partial charge in [0.25, 0.3) is 0 Å². The number of benzene rings is 2. The molecule has 1 N–H and O–H groups in total. The average molecular weight is 512 g/mol. The molecule has 0 unspecified atom stereocenters. The van der Waals surface area contributed by atoms with E-state index in [1.54, 1.807) is 26.0 Å². The Labute approximate surface area is 205 Å². The minimum Gasteiger partial charge on any atom is -0.352 e. The molecule has 2 aromatic carbocycles. The highest BCUT2D eigenvalue weighted by atomic mass is 35.5. The first-order valence-electron chi connectivity index (χ1n) is 10.9. The molecular formula is C24H31ClFN3O4S. The van der Waals surface area contributed by atoms with Crippen molar-refractivity contribution < 1.29 is 22.4 Å². The minimum absolute atomic E-state index is 0.00536. The molecule has 0 spiro atoms. The van der Waals surface area contributed by atoms with Gasteiger partial charge in [-0.2, -0.15) is 0 Å². The molecule has 0 aromatic heterocycles. The van der Waals surface area contributed by atoms with E-state index in [9.17, 15) is 22.4 Å². The Morgan fingerprint density at radius 2 is 1.74 bits per heavy atom. The van der Waals surface area contributed by atoms with Gasteiger partial charge in [-0.05, 0) is 68.7 Å². The number of hydrogen-bond acceptors (Lipinski definition) is 4. The SMILES string of the molecule is CC[C@@H](C)NC(=O)[C@H](C)N(Cc1ccc(F)cc1)C(=O)CN(c1ccc(Cl)cc1C)S(C)(=O)=O. The van der Waals surface area contributed by atoms with E-state index in [0.717, 1.165) is 10.6 Å². The molecule has 34 heavy (non-hydrogen) atoms. The van der Waals surface area contributed by atoms with E-state index in [1.807, 2.05) is 13.8 Å². The molecule has 2 rings (SSSR count). The first-order chi connectivity index (χ1) is 15.8. The maximum atomic E-state index is 13.5. The number of anilines is 1. The lowest BCUT2D eigenvalue weighted by molar-refractivity contribution is -0.139. The Morgan fingerprint density at radius 3 is 2.26 bits per heavy atom. The number of carbonyl (C=O) groups is 2. The normalized spacial score (nSPS) is 13.1. The molecular weight excluding hydrogens is 481 g/mol. The van der Waals surface area contributed by atoms with Crippen molar-refractivity contribution in [1.82, 2.24) is 10.2 Å². The topological polar surface area (TPSA) is 86.8 Å². The highest BCUT2D eigenvalue weighted by Crippen LogP contribution is 2.26. The summed E-state index contributed by atoms with van der Waals surface area (Å²) in [4.78, 5) is 27.6. The molecule has 0 aliphatic carbocycles. The highest BCUT2D eigenvalue weighted by Gasteiger charge is 2.31. The zero-order valence-corrected chi connectivity index (χ0v) is 21.6. The molecule has 2 atom stereocenters. The Balaban J connectivity index is 2.41. The van der Waals surface area contributed by atoms with Crippen molar-refractivity contribution >= 4 is 39.1 Å². The van der Waals surface area contributed by atoms with Crippen molar-refractivity contribution in [3.8, 4) is 0 Å². The van der Waals surface area contributed by atoms with Gasteiger partial charge in [0.1, 0.15) is 18.4 Å². The first kappa shape index (κ1) is 27.6. The predicted molar refractivity (Wildman–Crippen MR) is 133 cm³/mol. The number of aryl methyl sites for hydroxylation is 1. The first-order valence-corrected chi connectivity index (χ1v) is 13.1. The number of hydrogen-bond donors (Lipinski definition) is 1. The number of amides is 2. The summed E-state index contributed by atoms with van der Waals surface area (Å²) in [5.41, 5.74) is 1.50. The van der Waals surface area contributed by atoms with Gasteiger partial charge >= 0.3 is 0 Å². The second-order valence-electron chi connectivity index (χ2n) is 8.34. The number of halogens is 2. The third-order valence-electron chi connectivity index (χ3n) is 5.54. The zero-order chi connectivity index (χ0) is 25.6. The molecule has 0 heterocycles. The van der Waals surface area contributed by atoms with E-state index < -0.39 is 34.3 Å². The van der Waals surface area contributed by atoms with Crippen LogP contribution in [0, 0.1) is 12.7 Å². The molecule has 10 heteroatoms. The van der Waals surface area contributed by atoms with Gasteiger partial charge in [-0.25, -0.2) is 12.8 Å². The fourth-order valence-corrected chi connectivity index (χ4v) is 4.46. The molecule has 2 amide bonds. The molecule has 2 aromatic rings. The summed E-state index contributed by atoms with van der Waals surface area (Å²) in [6.45, 7) is 6.55. The maximum absolute atomic E-state index is 13.5. The third kappa shape index (κ3) is 7.43. The summed E-state index contributed by atoms with van der Waals surface area (Å²) in [5, 5.41) is 3.29. The van der Waals surface area contributed by atoms with Crippen molar-refractivity contribution in [3.05, 3.63) is 64.4 Å². The van der Waals surface area contributed by atoms with Crippen LogP contribution in [0.4, 0.5) is 10.1 Å². The average Bonchev–Trinajstić information content (AvgIpc) is 2.76. The van der Waals surface area contributed by atoms with Crippen LogP contribution in [0.15, 0.2) is 42.5 Å². The Kier molecular flexibility index (Phi) is 9.46. The summed E-state index contributed by atoms with van der Waals surface area (Å²) >= 11 is 6.01. The summed E-state index contributed by atoms with van der Waals surface area (Å²) in [6.07, 6.45) is 1.72. The Morgan fingerprint density at radius 1 is 1.12 bits per heavy atom. The van der Waals surface area contributed by atoms with Gasteiger partial charge in [-0.3, -0.25) is 13.9 Å². The van der Waals surface area contributed by atoms with E-state index in [-0.39, 0.29) is 18.5 Å². The smallest absolute Gasteiger partial charge is 0.244 e. The molecule has 0 bridgehead atoms. The van der Waals surface area contributed by atoms with Gasteiger partial charge in [0.15, 0.2) is 0 Å². The van der Waals surface area contributed by atoms with Gasteiger partial charge in [-0.15, -0.1) is 0 Å². The standard InChI is InChI=1S/C24H31ClFN3O4S/c1-6-17(3)27-24(31)18(4)28(14-19-7-10-21(26)11-8-19)23(30)15-29(34(5,32)33)22-12-9-20(25)13-16(22)2/h7-13,17-18H,6,14-15H2,1-5H3,(H,27,31)/t17-,18+/m1/s1. The summed E-state index contributed by atoms with van der Waals surface area (Å²) in [6, 6.07) is 9.28. The van der Waals surface area contributed by atoms with Gasteiger partial charge in [0, 0.05) is 17.6 Å². The number of carbonyl (C=O) groups excluding carboxylic acids is 2. The second-order valence-corrected chi connectivity index (χ2v) is 10.7. The van der Waals surface area contributed by atoms with Crippen LogP contribution < -0.4 is 9.62 Å². The van der Waals surface area contributed by atoms with Crippen molar-refractivity contribution in [2.75, 3.05) is 17.1 Å². The van der Waals surface area contributed by atoms with Crippen LogP contribution in [0.3, 0.4) is 0 Å². The molecule has 0 radical (unpaired) electrons. The van der Waals surface area contributed by atoms with Gasteiger partial charge < -0.3 is 10.2 Å². The van der Waals surface area contributed by atoms with Crippen LogP contribution in [-0.2, 0) is 26.2 Å². The number of sulfonamides is 1. The molecule has 0 aliphatic heterocycles. The molecule has 186 valence electrons. The lowest BCUT2D eigenvalue weighted by Crippen LogP contribution is -2.52. The molecule has 0 fully saturated rings. The highest BCUT2D eigenvalue weighted by molar-refractivity contribution is 7.92. The second kappa shape index (κ2) is 11.7. The zero-order valence-electron chi connectivity index (χ0n) is 20.0. The van der Waals surface area contributed by atoms with Crippen LogP contribution in [0.2, 0.25) is 5.02 Å². The maximum Gasteiger partial charge on any atom is 0.244 e. The summed E-state index contributed by atoms with van der Waals surface area (Å²) in [5.74, 6) is -1.36. The van der Waals surface area contributed by atoms with Gasteiger partial charge in [-0.1, -0.05) is 30.7 Å². The summed E-state index contributed by atoms with van der Waals surface area (Å²) < 4.78 is 39.6. The largest absolute Gasteiger partial charge is 0.352 e. The van der Waals surface area contributed by atoms with Gasteiger partial charge in [0.2, 0.25) is 21.8 Å². The van der Waals surface area contributed by atoms with E-state index in [1.165, 1.54) is 35.2 Å². The van der Waals surface area contributed by atoms with Gasteiger partial charge in [0.05, 0.1) is 11.9 Å².